The molecule has 0 spiro atoms. The van der Waals surface area contributed by atoms with E-state index in [-0.39, 0.29) is 0 Å². The maximum atomic E-state index is 6.52. The van der Waals surface area contributed by atoms with Crippen LogP contribution in [0, 0.1) is 0 Å². The minimum absolute atomic E-state index is 0.885. The van der Waals surface area contributed by atoms with Crippen molar-refractivity contribution < 1.29 is 4.42 Å². The average Bonchev–Trinajstić information content (AvgIpc) is 4.32. The Morgan fingerprint density at radius 1 is 0.234 bits per heavy atom. The van der Waals surface area contributed by atoms with Crippen LogP contribution in [-0.2, 0) is 0 Å². The molecule has 16 rings (SSSR count). The predicted molar refractivity (Wildman–Crippen MR) is 326 cm³/mol. The molecule has 0 amide bonds. The highest BCUT2D eigenvalue weighted by atomic mass is 28.3. The van der Waals surface area contributed by atoms with E-state index in [0.717, 1.165) is 61.1 Å². The summed E-state index contributed by atoms with van der Waals surface area (Å²) >= 11 is 0. The third-order valence-corrected chi connectivity index (χ3v) is 21.2. The summed E-state index contributed by atoms with van der Waals surface area (Å²) in [5.41, 5.74) is 14.4. The number of hydrogen-bond acceptors (Lipinski definition) is 1. The summed E-state index contributed by atoms with van der Waals surface area (Å²) in [7, 11) is -2.80. The van der Waals surface area contributed by atoms with E-state index in [0.29, 0.717) is 0 Å². The topological polar surface area (TPSA) is 27.9 Å². The van der Waals surface area contributed by atoms with Crippen molar-refractivity contribution in [3.8, 4) is 28.2 Å². The molecular formula is C72H47N3OSi. The fourth-order valence-electron chi connectivity index (χ4n) is 13.2. The smallest absolute Gasteiger partial charge is 0.179 e. The van der Waals surface area contributed by atoms with Crippen molar-refractivity contribution in [2.24, 2.45) is 0 Å². The molecule has 0 fully saturated rings. The Bertz CT molecular complexity index is 4840. The Morgan fingerprint density at radius 3 is 1.22 bits per heavy atom. The van der Waals surface area contributed by atoms with Gasteiger partial charge < -0.3 is 18.1 Å². The third-order valence-electron chi connectivity index (χ3n) is 16.4. The summed E-state index contributed by atoms with van der Waals surface area (Å²) in [6.45, 7) is 0. The number of rotatable bonds is 8. The first-order chi connectivity index (χ1) is 38.2. The number of nitrogens with zero attached hydrogens (tertiary/aromatic N) is 3. The third kappa shape index (κ3) is 6.38. The van der Waals surface area contributed by atoms with Gasteiger partial charge in [-0.3, -0.25) is 0 Å². The minimum Gasteiger partial charge on any atom is -0.456 e. The highest BCUT2D eigenvalue weighted by molar-refractivity contribution is 7.19. The van der Waals surface area contributed by atoms with Crippen molar-refractivity contribution in [3.05, 3.63) is 285 Å². The van der Waals surface area contributed by atoms with Crippen LogP contribution in [0.5, 0.6) is 0 Å². The van der Waals surface area contributed by atoms with Crippen molar-refractivity contribution in [1.82, 2.24) is 13.7 Å². The molecule has 5 heteroatoms. The fourth-order valence-corrected chi connectivity index (χ4v) is 18.0. The Labute approximate surface area is 445 Å². The number of fused-ring (bicyclic) bond motifs is 12. The molecule has 360 valence electrons. The number of para-hydroxylation sites is 4. The van der Waals surface area contributed by atoms with Crippen molar-refractivity contribution in [2.75, 3.05) is 0 Å². The van der Waals surface area contributed by atoms with Gasteiger partial charge in [0.15, 0.2) is 8.07 Å². The Morgan fingerprint density at radius 2 is 0.623 bits per heavy atom. The van der Waals surface area contributed by atoms with Gasteiger partial charge in [-0.15, -0.1) is 0 Å². The minimum atomic E-state index is -2.80. The normalized spacial score (nSPS) is 12.2. The zero-order chi connectivity index (χ0) is 50.6. The second-order valence-electron chi connectivity index (χ2n) is 20.3. The van der Waals surface area contributed by atoms with Crippen LogP contribution in [0.2, 0.25) is 0 Å². The van der Waals surface area contributed by atoms with E-state index in [4.69, 9.17) is 4.42 Å². The summed E-state index contributed by atoms with van der Waals surface area (Å²) in [4.78, 5) is 0. The van der Waals surface area contributed by atoms with Gasteiger partial charge in [-0.2, -0.15) is 0 Å². The fraction of sp³-hybridized carbons (Fsp3) is 0. The molecule has 0 saturated heterocycles. The van der Waals surface area contributed by atoms with Crippen LogP contribution in [0.15, 0.2) is 290 Å². The Balaban J connectivity index is 0.942. The SMILES string of the molecule is c1ccc([Si](c2ccccc2)(c2ccccc2)c2cccc(-n3c4ccccc4c4cc(-n5c6ccc(-n7c8ccccc8c8ccccc87)cc6c6c(-c7cccc8oc9ccccc9c78)cccc65)ccc43)c2)cc1. The van der Waals surface area contributed by atoms with Crippen LogP contribution in [0.3, 0.4) is 0 Å². The Hall–Kier alpha value is -9.94. The van der Waals surface area contributed by atoms with Gasteiger partial charge in [0, 0.05) is 60.2 Å². The van der Waals surface area contributed by atoms with Crippen LogP contribution >= 0.6 is 0 Å². The molecule has 0 bridgehead atoms. The van der Waals surface area contributed by atoms with Gasteiger partial charge >= 0.3 is 0 Å². The molecule has 16 aromatic rings. The standard InChI is InChI=1S/C72H47N3OSi/c1-4-22-51(23-5-1)77(52-24-6-2-7-25-52,53-26-8-3-9-27-53)54-28-18-21-48(45-54)73-65-37-16-12-31-57(65)61-46-49(41-43-66(61)73)75-67-44-42-50(74-63-35-14-10-29-55(63)56-30-11-15-36-64(56)74)47-62(67)71-58(33-19-38-68(71)75)59-34-20-40-70-72(59)60-32-13-17-39-69(60)76-70/h1-47H. The molecule has 0 unspecified atom stereocenters. The molecule has 0 aliphatic rings. The van der Waals surface area contributed by atoms with Gasteiger partial charge in [0.1, 0.15) is 11.2 Å². The maximum absolute atomic E-state index is 6.52. The van der Waals surface area contributed by atoms with Gasteiger partial charge in [0.05, 0.1) is 33.1 Å². The molecule has 0 N–H and O–H groups in total. The summed E-state index contributed by atoms with van der Waals surface area (Å²) in [6.07, 6.45) is 0. The van der Waals surface area contributed by atoms with Crippen molar-refractivity contribution >= 4 is 116 Å². The molecule has 77 heavy (non-hydrogen) atoms. The largest absolute Gasteiger partial charge is 0.456 e. The summed E-state index contributed by atoms with van der Waals surface area (Å²) in [5, 5.41) is 14.9. The van der Waals surface area contributed by atoms with Crippen LogP contribution in [0.4, 0.5) is 0 Å². The van der Waals surface area contributed by atoms with E-state index in [1.54, 1.807) is 0 Å². The molecule has 0 atom stereocenters. The van der Waals surface area contributed by atoms with Gasteiger partial charge in [-0.25, -0.2) is 0 Å². The van der Waals surface area contributed by atoms with Crippen LogP contribution < -0.4 is 20.7 Å². The first kappa shape index (κ1) is 43.5. The lowest BCUT2D eigenvalue weighted by Crippen LogP contribution is -2.74. The Kier molecular flexibility index (Phi) is 9.62. The van der Waals surface area contributed by atoms with Crippen molar-refractivity contribution in [3.63, 3.8) is 0 Å². The van der Waals surface area contributed by atoms with E-state index >= 15 is 0 Å². The molecule has 0 aliphatic carbocycles. The molecule has 12 aromatic carbocycles. The van der Waals surface area contributed by atoms with Crippen LogP contribution in [0.25, 0.3) is 116 Å². The molecule has 4 heterocycles. The molecule has 4 aromatic heterocycles. The predicted octanol–water partition coefficient (Wildman–Crippen LogP) is 15.9. The molecule has 4 nitrogen and oxygen atoms in total. The zero-order valence-corrected chi connectivity index (χ0v) is 42.9. The van der Waals surface area contributed by atoms with E-state index in [9.17, 15) is 0 Å². The number of furan rings is 1. The molecule has 0 saturated carbocycles. The highest BCUT2D eigenvalue weighted by Gasteiger charge is 2.41. The zero-order valence-electron chi connectivity index (χ0n) is 41.9. The maximum Gasteiger partial charge on any atom is 0.179 e. The van der Waals surface area contributed by atoms with E-state index in [1.165, 1.54) is 75.2 Å². The van der Waals surface area contributed by atoms with Crippen LogP contribution in [-0.4, -0.2) is 21.8 Å². The molecular weight excluding hydrogens is 951 g/mol. The first-order valence-electron chi connectivity index (χ1n) is 26.5. The van der Waals surface area contributed by atoms with Gasteiger partial charge in [-0.05, 0) is 117 Å². The van der Waals surface area contributed by atoms with E-state index < -0.39 is 8.07 Å². The van der Waals surface area contributed by atoms with Gasteiger partial charge in [-0.1, -0.05) is 200 Å². The van der Waals surface area contributed by atoms with Gasteiger partial charge in [0.25, 0.3) is 0 Å². The monoisotopic (exact) mass is 997 g/mol. The quantitative estimate of drug-likeness (QED) is 0.110. The number of aromatic nitrogens is 3. The number of hydrogen-bond donors (Lipinski definition) is 0. The summed E-state index contributed by atoms with van der Waals surface area (Å²) in [5.74, 6) is 0. The number of benzene rings is 12. The lowest BCUT2D eigenvalue weighted by atomic mass is 9.95. The summed E-state index contributed by atoms with van der Waals surface area (Å²) in [6, 6.07) is 105. The summed E-state index contributed by atoms with van der Waals surface area (Å²) < 4.78 is 13.9. The highest BCUT2D eigenvalue weighted by Crippen LogP contribution is 2.45. The molecule has 0 aliphatic heterocycles. The van der Waals surface area contributed by atoms with E-state index in [1.807, 2.05) is 0 Å². The van der Waals surface area contributed by atoms with E-state index in [2.05, 4.69) is 299 Å². The first-order valence-corrected chi connectivity index (χ1v) is 28.5. The van der Waals surface area contributed by atoms with Crippen LogP contribution in [0.1, 0.15) is 0 Å². The van der Waals surface area contributed by atoms with Crippen molar-refractivity contribution in [1.29, 1.82) is 0 Å². The molecule has 0 radical (unpaired) electrons. The van der Waals surface area contributed by atoms with Gasteiger partial charge in [0.2, 0.25) is 0 Å². The lowest BCUT2D eigenvalue weighted by molar-refractivity contribution is 0.669. The average molecular weight is 998 g/mol. The second kappa shape index (κ2) is 17.0. The lowest BCUT2D eigenvalue weighted by Gasteiger charge is -2.34. The second-order valence-corrected chi connectivity index (χ2v) is 24.1. The van der Waals surface area contributed by atoms with Crippen molar-refractivity contribution in [2.45, 2.75) is 0 Å².